The quantitative estimate of drug-likeness (QED) is 0.0732. The van der Waals surface area contributed by atoms with Gasteiger partial charge in [0.2, 0.25) is 0 Å². The number of anilines is 2. The van der Waals surface area contributed by atoms with Gasteiger partial charge in [-0.25, -0.2) is 0 Å². The van der Waals surface area contributed by atoms with Crippen LogP contribution < -0.4 is 8.46 Å². The third-order valence-corrected chi connectivity index (χ3v) is 37.5. The molecule has 9 heteroatoms. The average Bonchev–Trinajstić information content (AvgIpc) is 3.85. The molecule has 2 aliphatic heterocycles. The molecule has 3 aromatic heterocycles. The maximum absolute atomic E-state index is 3.34. The standard InChI is InChI=1S/C48H86N2S3Si4/c1-13-17-21-25-29-39-37-51-45(41(39)31-27-23-19-15-3)47-43-44(50-56(9,10)35-33-54(5,6)49(43)55(7,8)34-36-57(50,11)12)48(53-47)46-42(32-28-24-20-16-4)40(38-52-46)30-26-22-18-14-2/h37-38H,13-36H2,1-12H3. The van der Waals surface area contributed by atoms with Crippen molar-refractivity contribution < 1.29 is 0 Å². The van der Waals surface area contributed by atoms with Crippen LogP contribution in [-0.2, 0) is 25.7 Å². The van der Waals surface area contributed by atoms with Crippen LogP contribution in [0, 0.1) is 0 Å². The highest BCUT2D eigenvalue weighted by Gasteiger charge is 2.54. The van der Waals surface area contributed by atoms with Gasteiger partial charge in [-0.1, -0.05) is 157 Å². The first kappa shape index (κ1) is 47.6. The number of unbranched alkanes of at least 4 members (excludes halogenated alkanes) is 12. The van der Waals surface area contributed by atoms with Crippen LogP contribution in [0.3, 0.4) is 0 Å². The molecular weight excluding hydrogens is 813 g/mol. The van der Waals surface area contributed by atoms with Gasteiger partial charge in [0.05, 0.1) is 21.1 Å². The first-order chi connectivity index (χ1) is 27.1. The maximum atomic E-state index is 3.34. The molecule has 0 unspecified atom stereocenters. The number of hydrogen-bond acceptors (Lipinski definition) is 5. The normalized spacial score (nSPS) is 18.4. The van der Waals surface area contributed by atoms with Crippen molar-refractivity contribution in [1.82, 2.24) is 0 Å². The minimum Gasteiger partial charge on any atom is -0.421 e. The molecule has 0 saturated carbocycles. The van der Waals surface area contributed by atoms with E-state index in [9.17, 15) is 0 Å². The Morgan fingerprint density at radius 3 is 1.00 bits per heavy atom. The lowest BCUT2D eigenvalue weighted by molar-refractivity contribution is 0.652. The zero-order valence-corrected chi connectivity index (χ0v) is 45.7. The van der Waals surface area contributed by atoms with Crippen molar-refractivity contribution in [2.24, 2.45) is 0 Å². The minimum atomic E-state index is -1.80. The van der Waals surface area contributed by atoms with E-state index < -0.39 is 32.9 Å². The van der Waals surface area contributed by atoms with E-state index in [2.05, 4.69) is 133 Å². The average molecular weight is 900 g/mol. The van der Waals surface area contributed by atoms with E-state index in [4.69, 9.17) is 0 Å². The summed E-state index contributed by atoms with van der Waals surface area (Å²) < 4.78 is 6.68. The zero-order chi connectivity index (χ0) is 41.4. The van der Waals surface area contributed by atoms with Crippen LogP contribution >= 0.6 is 34.0 Å². The molecule has 0 aliphatic carbocycles. The molecule has 5 heterocycles. The number of hydrogen-bond donors (Lipinski definition) is 0. The third-order valence-electron chi connectivity index (χ3n) is 14.0. The van der Waals surface area contributed by atoms with E-state index in [-0.39, 0.29) is 0 Å². The van der Waals surface area contributed by atoms with Gasteiger partial charge in [-0.2, -0.15) is 0 Å². The fourth-order valence-electron chi connectivity index (χ4n) is 10.8. The van der Waals surface area contributed by atoms with Crippen molar-refractivity contribution in [3.8, 4) is 19.5 Å². The minimum absolute atomic E-state index is 1.26. The lowest BCUT2D eigenvalue weighted by Crippen LogP contribution is -2.71. The third kappa shape index (κ3) is 11.2. The smallest absolute Gasteiger partial charge is 0.141 e. The van der Waals surface area contributed by atoms with E-state index in [0.29, 0.717) is 0 Å². The van der Waals surface area contributed by atoms with Crippen LogP contribution in [0.5, 0.6) is 0 Å². The van der Waals surface area contributed by atoms with Crippen LogP contribution in [0.4, 0.5) is 11.4 Å². The molecule has 57 heavy (non-hydrogen) atoms. The summed E-state index contributed by atoms with van der Waals surface area (Å²) in [5, 5.41) is 5.31. The Balaban J connectivity index is 1.85. The summed E-state index contributed by atoms with van der Waals surface area (Å²) in [7, 11) is -7.20. The maximum Gasteiger partial charge on any atom is 0.141 e. The highest BCUT2D eigenvalue weighted by molar-refractivity contribution is 7.28. The fraction of sp³-hybridized carbons (Fsp3) is 0.750. The second-order valence-corrected chi connectivity index (χ2v) is 42.7. The summed E-state index contributed by atoms with van der Waals surface area (Å²) in [5.74, 6) is 0. The Hall–Kier alpha value is -0.432. The molecule has 0 saturated heterocycles. The van der Waals surface area contributed by atoms with Crippen molar-refractivity contribution in [2.45, 2.75) is 233 Å². The largest absolute Gasteiger partial charge is 0.421 e. The molecule has 0 amide bonds. The van der Waals surface area contributed by atoms with Gasteiger partial charge in [0.15, 0.2) is 0 Å². The van der Waals surface area contributed by atoms with Gasteiger partial charge in [-0.3, -0.25) is 0 Å². The lowest BCUT2D eigenvalue weighted by Gasteiger charge is -2.60. The first-order valence-corrected chi connectivity index (χ1v) is 39.3. The summed E-state index contributed by atoms with van der Waals surface area (Å²) in [5.41, 5.74) is 10.5. The van der Waals surface area contributed by atoms with E-state index in [1.807, 2.05) is 0 Å². The van der Waals surface area contributed by atoms with Crippen molar-refractivity contribution in [3.63, 3.8) is 0 Å². The topological polar surface area (TPSA) is 6.48 Å². The van der Waals surface area contributed by atoms with Crippen LogP contribution in [0.2, 0.25) is 76.6 Å². The van der Waals surface area contributed by atoms with Crippen molar-refractivity contribution in [2.75, 3.05) is 8.46 Å². The summed E-state index contributed by atoms with van der Waals surface area (Å²) in [6.07, 6.45) is 26.6. The highest BCUT2D eigenvalue weighted by Crippen LogP contribution is 2.62. The molecule has 2 bridgehead atoms. The van der Waals surface area contributed by atoms with Crippen molar-refractivity contribution in [3.05, 3.63) is 33.0 Å². The lowest BCUT2D eigenvalue weighted by atomic mass is 9.97. The molecule has 5 rings (SSSR count). The molecule has 2 nitrogen and oxygen atoms in total. The molecule has 0 spiro atoms. The van der Waals surface area contributed by atoms with Gasteiger partial charge >= 0.3 is 0 Å². The summed E-state index contributed by atoms with van der Waals surface area (Å²) in [4.78, 5) is 6.78. The SMILES string of the molecule is CCCCCCc1csc(-c2sc(-c3scc(CCCCCC)c3CCCCCC)c3c2N2[Si](C)(C)CC[Si](C)(C)N3[Si](C)(C)CC[Si]2(C)C)c1CCCCCC. The number of rotatable bonds is 22. The Morgan fingerprint density at radius 1 is 0.404 bits per heavy atom. The first-order valence-electron chi connectivity index (χ1n) is 24.1. The van der Waals surface area contributed by atoms with Gasteiger partial charge in [-0.05, 0) is 109 Å². The van der Waals surface area contributed by atoms with E-state index in [1.165, 1.54) is 153 Å². The van der Waals surface area contributed by atoms with Gasteiger partial charge in [-0.15, -0.1) is 34.0 Å². The monoisotopic (exact) mass is 899 g/mol. The van der Waals surface area contributed by atoms with Crippen molar-refractivity contribution >= 4 is 78.3 Å². The van der Waals surface area contributed by atoms with Gasteiger partial charge in [0, 0.05) is 9.75 Å². The molecule has 0 N–H and O–H groups in total. The van der Waals surface area contributed by atoms with Crippen molar-refractivity contribution in [1.29, 1.82) is 0 Å². The molecule has 0 radical (unpaired) electrons. The van der Waals surface area contributed by atoms with Gasteiger partial charge in [0.25, 0.3) is 0 Å². The second-order valence-electron chi connectivity index (χ2n) is 20.8. The molecule has 322 valence electrons. The Bertz CT molecular complexity index is 1550. The van der Waals surface area contributed by atoms with Crippen LogP contribution in [0.1, 0.15) is 153 Å². The molecular formula is C48H86N2S3Si4. The zero-order valence-electron chi connectivity index (χ0n) is 39.2. The molecule has 3 aromatic rings. The van der Waals surface area contributed by atoms with E-state index in [1.54, 1.807) is 53.1 Å². The van der Waals surface area contributed by atoms with Crippen LogP contribution in [0.15, 0.2) is 10.8 Å². The fourth-order valence-corrected chi connectivity index (χ4v) is 43.5. The summed E-state index contributed by atoms with van der Waals surface area (Å²) >= 11 is 6.61. The van der Waals surface area contributed by atoms with E-state index >= 15 is 0 Å². The van der Waals surface area contributed by atoms with Crippen LogP contribution in [-0.4, -0.2) is 32.9 Å². The number of thiophene rings is 3. The molecule has 0 fully saturated rings. The van der Waals surface area contributed by atoms with E-state index in [0.717, 1.165) is 0 Å². The Labute approximate surface area is 369 Å². The number of nitrogens with zero attached hydrogens (tertiary/aromatic N) is 2. The highest BCUT2D eigenvalue weighted by atomic mass is 32.1. The molecule has 0 atom stereocenters. The Kier molecular flexibility index (Phi) is 17.6. The number of aryl methyl sites for hydroxylation is 2. The summed E-state index contributed by atoms with van der Waals surface area (Å²) in [6, 6.07) is 5.81. The van der Waals surface area contributed by atoms with Crippen LogP contribution in [0.25, 0.3) is 19.5 Å². The molecule has 0 aromatic carbocycles. The second kappa shape index (κ2) is 21.1. The summed E-state index contributed by atoms with van der Waals surface area (Å²) in [6.45, 7) is 31.9. The molecule has 2 aliphatic rings. The van der Waals surface area contributed by atoms with Gasteiger partial charge in [0.1, 0.15) is 32.9 Å². The predicted octanol–water partition coefficient (Wildman–Crippen LogP) is 18.2. The predicted molar refractivity (Wildman–Crippen MR) is 276 cm³/mol. The Morgan fingerprint density at radius 2 is 0.702 bits per heavy atom. The van der Waals surface area contributed by atoms with Gasteiger partial charge < -0.3 is 8.46 Å².